The van der Waals surface area contributed by atoms with E-state index in [1.54, 1.807) is 16.4 Å². The topological polar surface area (TPSA) is 66.4 Å². The molecule has 2 heterocycles. The smallest absolute Gasteiger partial charge is 0.245 e. The number of rotatable bonds is 3. The number of benzene rings is 1. The number of piperazine rings is 1. The molecule has 1 saturated heterocycles. The zero-order chi connectivity index (χ0) is 18.9. The molecule has 8 heteroatoms. The molecule has 28 heavy (non-hydrogen) atoms. The van der Waals surface area contributed by atoms with Crippen LogP contribution < -0.4 is 0 Å². The first-order valence-electron chi connectivity index (χ1n) is 10.5. The van der Waals surface area contributed by atoms with Crippen molar-refractivity contribution in [1.29, 1.82) is 0 Å². The van der Waals surface area contributed by atoms with E-state index < -0.39 is 10.0 Å². The van der Waals surface area contributed by atoms with E-state index in [0.29, 0.717) is 34.6 Å². The number of nitrogens with zero attached hydrogens (tertiary/aromatic N) is 4. The van der Waals surface area contributed by atoms with Crippen LogP contribution in [0.25, 0.3) is 11.0 Å². The van der Waals surface area contributed by atoms with Gasteiger partial charge in [-0.2, -0.15) is 13.1 Å². The number of aromatic nitrogens is 2. The van der Waals surface area contributed by atoms with Gasteiger partial charge >= 0.3 is 0 Å². The molecule has 150 valence electrons. The van der Waals surface area contributed by atoms with E-state index in [9.17, 15) is 8.42 Å². The van der Waals surface area contributed by atoms with Gasteiger partial charge in [-0.3, -0.25) is 4.90 Å². The minimum absolute atomic E-state index is 0.307. The summed E-state index contributed by atoms with van der Waals surface area (Å²) in [7, 11) is -3.53. The Balaban J connectivity index is 1.23. The molecule has 1 aromatic carbocycles. The lowest BCUT2D eigenvalue weighted by molar-refractivity contribution is -0.0964. The van der Waals surface area contributed by atoms with Crippen LogP contribution in [0.15, 0.2) is 23.1 Å². The van der Waals surface area contributed by atoms with E-state index in [-0.39, 0.29) is 0 Å². The number of fused-ring (bicyclic) bond motifs is 1. The molecule has 4 bridgehead atoms. The van der Waals surface area contributed by atoms with Gasteiger partial charge in [-0.25, -0.2) is 8.42 Å². The van der Waals surface area contributed by atoms with Crippen molar-refractivity contribution < 1.29 is 8.42 Å². The summed E-state index contributed by atoms with van der Waals surface area (Å²) in [6, 6.07) is 5.26. The van der Waals surface area contributed by atoms with E-state index in [1.165, 1.54) is 38.5 Å². The standard InChI is InChI=1S/C20H26N4O2S2/c25-28(26,18-3-1-2-17-19(18)22-27-21-17)24-6-4-23(5-7-24)20-11-14-8-15(12-20)10-16(9-14)13-20/h1-3,14-16H,4-13H2. The molecule has 1 aromatic heterocycles. The largest absolute Gasteiger partial charge is 0.295 e. The lowest BCUT2D eigenvalue weighted by Gasteiger charge is -2.61. The molecule has 4 aliphatic carbocycles. The SMILES string of the molecule is O=S(=O)(c1cccc2nsnc12)N1CCN(C23CC4CC(CC(C4)C2)C3)CC1. The highest BCUT2D eigenvalue weighted by Crippen LogP contribution is 2.57. The summed E-state index contributed by atoms with van der Waals surface area (Å²) < 4.78 is 36.7. The van der Waals surface area contributed by atoms with Crippen LogP contribution in [0, 0.1) is 17.8 Å². The molecule has 5 aliphatic rings. The molecule has 7 rings (SSSR count). The van der Waals surface area contributed by atoms with Crippen LogP contribution in [-0.4, -0.2) is 58.1 Å². The van der Waals surface area contributed by atoms with Gasteiger partial charge in [-0.15, -0.1) is 0 Å². The van der Waals surface area contributed by atoms with Gasteiger partial charge in [0.2, 0.25) is 10.0 Å². The molecule has 0 radical (unpaired) electrons. The van der Waals surface area contributed by atoms with Crippen LogP contribution in [0.5, 0.6) is 0 Å². The minimum Gasteiger partial charge on any atom is -0.295 e. The van der Waals surface area contributed by atoms with Gasteiger partial charge in [0.15, 0.2) is 0 Å². The molecule has 0 amide bonds. The van der Waals surface area contributed by atoms with Crippen molar-refractivity contribution in [3.05, 3.63) is 18.2 Å². The molecule has 5 fully saturated rings. The summed E-state index contributed by atoms with van der Waals surface area (Å²) in [4.78, 5) is 2.97. The van der Waals surface area contributed by atoms with Gasteiger partial charge in [-0.05, 0) is 68.4 Å². The second-order valence-electron chi connectivity index (χ2n) is 9.42. The van der Waals surface area contributed by atoms with Crippen molar-refractivity contribution in [1.82, 2.24) is 18.0 Å². The Hall–Kier alpha value is -1.09. The predicted octanol–water partition coefficient (Wildman–Crippen LogP) is 2.97. The highest BCUT2D eigenvalue weighted by molar-refractivity contribution is 7.89. The van der Waals surface area contributed by atoms with Gasteiger partial charge in [-0.1, -0.05) is 6.07 Å². The maximum atomic E-state index is 13.3. The van der Waals surface area contributed by atoms with Crippen molar-refractivity contribution in [2.24, 2.45) is 17.8 Å². The first-order valence-corrected chi connectivity index (χ1v) is 12.7. The van der Waals surface area contributed by atoms with Crippen LogP contribution in [-0.2, 0) is 10.0 Å². The van der Waals surface area contributed by atoms with Gasteiger partial charge in [0.05, 0.1) is 11.7 Å². The fourth-order valence-electron chi connectivity index (χ4n) is 6.98. The molecule has 0 spiro atoms. The normalized spacial score (nSPS) is 36.4. The molecule has 4 saturated carbocycles. The second-order valence-corrected chi connectivity index (χ2v) is 11.9. The van der Waals surface area contributed by atoms with Crippen molar-refractivity contribution >= 4 is 32.8 Å². The van der Waals surface area contributed by atoms with Crippen LogP contribution in [0.4, 0.5) is 0 Å². The third kappa shape index (κ3) is 2.61. The minimum atomic E-state index is -3.53. The summed E-state index contributed by atoms with van der Waals surface area (Å²) in [5.74, 6) is 2.76. The Kier molecular flexibility index (Phi) is 3.93. The molecule has 6 nitrogen and oxygen atoms in total. The van der Waals surface area contributed by atoms with E-state index in [1.807, 2.05) is 6.07 Å². The van der Waals surface area contributed by atoms with Gasteiger partial charge in [0, 0.05) is 31.7 Å². The first kappa shape index (κ1) is 17.7. The quantitative estimate of drug-likeness (QED) is 0.767. The molecule has 0 unspecified atom stereocenters. The summed E-state index contributed by atoms with van der Waals surface area (Å²) in [5, 5.41) is 0. The predicted molar refractivity (Wildman–Crippen MR) is 109 cm³/mol. The second kappa shape index (κ2) is 6.20. The highest BCUT2D eigenvalue weighted by Gasteiger charge is 2.54. The average molecular weight is 419 g/mol. The first-order chi connectivity index (χ1) is 13.5. The van der Waals surface area contributed by atoms with E-state index in [4.69, 9.17) is 0 Å². The molecule has 0 N–H and O–H groups in total. The number of hydrogen-bond acceptors (Lipinski definition) is 6. The lowest BCUT2D eigenvalue weighted by atomic mass is 9.52. The van der Waals surface area contributed by atoms with Crippen LogP contribution >= 0.6 is 11.7 Å². The highest BCUT2D eigenvalue weighted by atomic mass is 32.2. The van der Waals surface area contributed by atoms with Gasteiger partial charge in [0.25, 0.3) is 0 Å². The summed E-state index contributed by atoms with van der Waals surface area (Å²) in [6.07, 6.45) is 8.36. The molecule has 0 atom stereocenters. The van der Waals surface area contributed by atoms with Gasteiger partial charge < -0.3 is 0 Å². The van der Waals surface area contributed by atoms with Crippen molar-refractivity contribution in [2.75, 3.05) is 26.2 Å². The molecule has 2 aromatic rings. The van der Waals surface area contributed by atoms with E-state index >= 15 is 0 Å². The maximum absolute atomic E-state index is 13.3. The Bertz CT molecular complexity index is 975. The lowest BCUT2D eigenvalue weighted by Crippen LogP contribution is -2.64. The Morgan fingerprint density at radius 2 is 1.57 bits per heavy atom. The van der Waals surface area contributed by atoms with Crippen molar-refractivity contribution in [3.63, 3.8) is 0 Å². The Labute approximate surface area is 170 Å². The third-order valence-corrected chi connectivity index (χ3v) is 10.3. The fraction of sp³-hybridized carbons (Fsp3) is 0.700. The van der Waals surface area contributed by atoms with Crippen LogP contribution in [0.2, 0.25) is 0 Å². The Morgan fingerprint density at radius 1 is 0.929 bits per heavy atom. The Morgan fingerprint density at radius 3 is 2.21 bits per heavy atom. The monoisotopic (exact) mass is 418 g/mol. The van der Waals surface area contributed by atoms with Crippen LogP contribution in [0.3, 0.4) is 0 Å². The molecular formula is C20H26N4O2S2. The average Bonchev–Trinajstić information content (AvgIpc) is 3.16. The fourth-order valence-corrected chi connectivity index (χ4v) is 9.16. The van der Waals surface area contributed by atoms with Crippen molar-refractivity contribution in [2.45, 2.75) is 49.0 Å². The summed E-state index contributed by atoms with van der Waals surface area (Å²) in [6.45, 7) is 2.88. The van der Waals surface area contributed by atoms with E-state index in [0.717, 1.165) is 42.6 Å². The van der Waals surface area contributed by atoms with Crippen molar-refractivity contribution in [3.8, 4) is 0 Å². The third-order valence-electron chi connectivity index (χ3n) is 7.78. The summed E-state index contributed by atoms with van der Waals surface area (Å²) in [5.41, 5.74) is 1.54. The summed E-state index contributed by atoms with van der Waals surface area (Å²) >= 11 is 1.07. The number of hydrogen-bond donors (Lipinski definition) is 0. The zero-order valence-corrected chi connectivity index (χ0v) is 17.6. The number of sulfonamides is 1. The van der Waals surface area contributed by atoms with E-state index in [2.05, 4.69) is 13.6 Å². The molecular weight excluding hydrogens is 392 g/mol. The maximum Gasteiger partial charge on any atom is 0.245 e. The molecule has 1 aliphatic heterocycles. The van der Waals surface area contributed by atoms with Gasteiger partial charge in [0.1, 0.15) is 15.9 Å². The zero-order valence-electron chi connectivity index (χ0n) is 16.0. The van der Waals surface area contributed by atoms with Crippen LogP contribution in [0.1, 0.15) is 38.5 Å².